The van der Waals surface area contributed by atoms with Gasteiger partial charge in [-0.15, -0.1) is 0 Å². The molecule has 1 saturated heterocycles. The second-order valence-corrected chi connectivity index (χ2v) is 6.83. The van der Waals surface area contributed by atoms with Crippen molar-refractivity contribution in [3.63, 3.8) is 0 Å². The first-order chi connectivity index (χ1) is 11.3. The molecule has 132 valence electrons. The van der Waals surface area contributed by atoms with Crippen LogP contribution in [0.5, 0.6) is 0 Å². The third kappa shape index (κ3) is 3.77. The first-order valence-electron chi connectivity index (χ1n) is 8.12. The van der Waals surface area contributed by atoms with Crippen molar-refractivity contribution in [1.82, 2.24) is 10.3 Å². The summed E-state index contributed by atoms with van der Waals surface area (Å²) in [5.74, 6) is 0.392. The number of carbonyl (C=O) groups is 1. The Balaban J connectivity index is 1.59. The third-order valence-corrected chi connectivity index (χ3v) is 5.04. The van der Waals surface area contributed by atoms with Crippen LogP contribution in [0.25, 0.3) is 0 Å². The molecule has 0 unspecified atom stereocenters. The largest absolute Gasteiger partial charge is 0.417 e. The number of amides is 1. The maximum absolute atomic E-state index is 12.7. The molecule has 1 amide bonds. The Morgan fingerprint density at radius 3 is 2.42 bits per heavy atom. The lowest BCUT2D eigenvalue weighted by atomic mass is 9.90. The standard InChI is InChI=1S/C16H19ClF3N3O/c17-13-8-11(16(18,19)20)9-21-14(13)23-6-4-10(5-7-23)15(24)22-12-2-1-3-12/h8-10,12H,1-7H2,(H,22,24). The minimum Gasteiger partial charge on any atom is -0.355 e. The molecule has 24 heavy (non-hydrogen) atoms. The Morgan fingerprint density at radius 2 is 1.92 bits per heavy atom. The number of hydrogen-bond acceptors (Lipinski definition) is 3. The molecule has 0 radical (unpaired) electrons. The fraction of sp³-hybridized carbons (Fsp3) is 0.625. The molecule has 2 fully saturated rings. The van der Waals surface area contributed by atoms with E-state index in [0.717, 1.165) is 25.1 Å². The quantitative estimate of drug-likeness (QED) is 0.894. The molecule has 1 aliphatic carbocycles. The Bertz CT molecular complexity index is 611. The lowest BCUT2D eigenvalue weighted by Gasteiger charge is -2.34. The van der Waals surface area contributed by atoms with Crippen LogP contribution in [0.3, 0.4) is 0 Å². The fourth-order valence-corrected chi connectivity index (χ4v) is 3.33. The number of aromatic nitrogens is 1. The zero-order valence-corrected chi connectivity index (χ0v) is 13.8. The van der Waals surface area contributed by atoms with Crippen LogP contribution in [0.1, 0.15) is 37.7 Å². The van der Waals surface area contributed by atoms with Gasteiger partial charge in [-0.2, -0.15) is 13.2 Å². The molecule has 1 aromatic rings. The van der Waals surface area contributed by atoms with Crippen LogP contribution in [0.4, 0.5) is 19.0 Å². The first kappa shape index (κ1) is 17.3. The number of carbonyl (C=O) groups excluding carboxylic acids is 1. The molecule has 1 aliphatic heterocycles. The molecule has 1 saturated carbocycles. The molecule has 0 bridgehead atoms. The van der Waals surface area contributed by atoms with E-state index in [-0.39, 0.29) is 16.8 Å². The topological polar surface area (TPSA) is 45.2 Å². The molecule has 0 spiro atoms. The highest BCUT2D eigenvalue weighted by molar-refractivity contribution is 6.33. The fourth-order valence-electron chi connectivity index (χ4n) is 3.04. The number of halogens is 4. The van der Waals surface area contributed by atoms with Gasteiger partial charge in [-0.1, -0.05) is 11.6 Å². The van der Waals surface area contributed by atoms with Crippen molar-refractivity contribution in [3.8, 4) is 0 Å². The van der Waals surface area contributed by atoms with E-state index >= 15 is 0 Å². The predicted molar refractivity (Wildman–Crippen MR) is 85.0 cm³/mol. The maximum atomic E-state index is 12.7. The lowest BCUT2D eigenvalue weighted by Crippen LogP contribution is -2.46. The number of piperidine rings is 1. The van der Waals surface area contributed by atoms with E-state index in [9.17, 15) is 18.0 Å². The van der Waals surface area contributed by atoms with Gasteiger partial charge in [0.15, 0.2) is 0 Å². The Morgan fingerprint density at radius 1 is 1.25 bits per heavy atom. The van der Waals surface area contributed by atoms with Gasteiger partial charge in [0.05, 0.1) is 10.6 Å². The molecule has 2 aliphatic rings. The summed E-state index contributed by atoms with van der Waals surface area (Å²) in [7, 11) is 0. The molecule has 4 nitrogen and oxygen atoms in total. The van der Waals surface area contributed by atoms with Crippen molar-refractivity contribution in [2.24, 2.45) is 5.92 Å². The van der Waals surface area contributed by atoms with E-state index in [1.807, 2.05) is 4.90 Å². The summed E-state index contributed by atoms with van der Waals surface area (Å²) < 4.78 is 38.0. The van der Waals surface area contributed by atoms with E-state index in [1.165, 1.54) is 6.42 Å². The molecule has 0 aromatic carbocycles. The smallest absolute Gasteiger partial charge is 0.355 e. The van der Waals surface area contributed by atoms with Gasteiger partial charge in [0.1, 0.15) is 5.82 Å². The predicted octanol–water partition coefficient (Wildman–Crippen LogP) is 3.64. The molecular formula is C16H19ClF3N3O. The number of rotatable bonds is 3. The monoisotopic (exact) mass is 361 g/mol. The van der Waals surface area contributed by atoms with Crippen LogP contribution in [-0.2, 0) is 11.0 Å². The van der Waals surface area contributed by atoms with Crippen LogP contribution in [0.2, 0.25) is 5.02 Å². The number of anilines is 1. The highest BCUT2D eigenvalue weighted by Gasteiger charge is 2.33. The number of nitrogens with one attached hydrogen (secondary N) is 1. The van der Waals surface area contributed by atoms with Crippen LogP contribution < -0.4 is 10.2 Å². The summed E-state index contributed by atoms with van der Waals surface area (Å²) in [6.07, 6.45) is 0.917. The van der Waals surface area contributed by atoms with Crippen molar-refractivity contribution in [3.05, 3.63) is 22.8 Å². The third-order valence-electron chi connectivity index (χ3n) is 4.77. The summed E-state index contributed by atoms with van der Waals surface area (Å²) in [5.41, 5.74) is -0.856. The van der Waals surface area contributed by atoms with Gasteiger partial charge in [0.25, 0.3) is 0 Å². The zero-order valence-electron chi connectivity index (χ0n) is 13.1. The molecule has 0 atom stereocenters. The second-order valence-electron chi connectivity index (χ2n) is 6.42. The van der Waals surface area contributed by atoms with E-state index in [1.54, 1.807) is 0 Å². The zero-order chi connectivity index (χ0) is 17.3. The summed E-state index contributed by atoms with van der Waals surface area (Å²) in [6.45, 7) is 1.11. The van der Waals surface area contributed by atoms with Gasteiger partial charge in [-0.3, -0.25) is 4.79 Å². The summed E-state index contributed by atoms with van der Waals surface area (Å²) in [5, 5.41) is 3.04. The first-order valence-corrected chi connectivity index (χ1v) is 8.50. The molecule has 8 heteroatoms. The summed E-state index contributed by atoms with van der Waals surface area (Å²) >= 11 is 5.98. The van der Waals surface area contributed by atoms with Crippen LogP contribution in [-0.4, -0.2) is 30.0 Å². The lowest BCUT2D eigenvalue weighted by molar-refractivity contribution is -0.137. The van der Waals surface area contributed by atoms with E-state index < -0.39 is 11.7 Å². The van der Waals surface area contributed by atoms with Crippen molar-refractivity contribution in [2.75, 3.05) is 18.0 Å². The van der Waals surface area contributed by atoms with Crippen molar-refractivity contribution < 1.29 is 18.0 Å². The van der Waals surface area contributed by atoms with E-state index in [4.69, 9.17) is 11.6 Å². The normalized spacial score (nSPS) is 19.9. The van der Waals surface area contributed by atoms with Crippen molar-refractivity contribution >= 4 is 23.3 Å². The van der Waals surface area contributed by atoms with E-state index in [0.29, 0.717) is 37.8 Å². The molecule has 1 N–H and O–H groups in total. The van der Waals surface area contributed by atoms with Gasteiger partial charge >= 0.3 is 6.18 Å². The van der Waals surface area contributed by atoms with Gasteiger partial charge in [0, 0.05) is 31.2 Å². The summed E-state index contributed by atoms with van der Waals surface area (Å²) in [4.78, 5) is 17.9. The number of pyridine rings is 1. The minimum absolute atomic E-state index is 0.0119. The highest BCUT2D eigenvalue weighted by atomic mass is 35.5. The van der Waals surface area contributed by atoms with Crippen LogP contribution in [0, 0.1) is 5.92 Å². The molecule has 1 aromatic heterocycles. The number of alkyl halides is 3. The van der Waals surface area contributed by atoms with Crippen molar-refractivity contribution in [2.45, 2.75) is 44.3 Å². The minimum atomic E-state index is -4.46. The molecular weight excluding hydrogens is 343 g/mol. The van der Waals surface area contributed by atoms with Crippen LogP contribution in [0.15, 0.2) is 12.3 Å². The highest BCUT2D eigenvalue weighted by Crippen LogP contribution is 2.34. The average Bonchev–Trinajstić information content (AvgIpc) is 2.50. The Labute approximate surface area is 143 Å². The Hall–Kier alpha value is -1.50. The van der Waals surface area contributed by atoms with Gasteiger partial charge < -0.3 is 10.2 Å². The summed E-state index contributed by atoms with van der Waals surface area (Å²) in [6, 6.07) is 1.22. The SMILES string of the molecule is O=C(NC1CCC1)C1CCN(c2ncc(C(F)(F)F)cc2Cl)CC1. The van der Waals surface area contributed by atoms with Gasteiger partial charge in [-0.25, -0.2) is 4.98 Å². The van der Waals surface area contributed by atoms with Gasteiger partial charge in [-0.05, 0) is 38.2 Å². The molecule has 2 heterocycles. The average molecular weight is 362 g/mol. The Kier molecular flexibility index (Phi) is 4.90. The maximum Gasteiger partial charge on any atom is 0.417 e. The van der Waals surface area contributed by atoms with Crippen LogP contribution >= 0.6 is 11.6 Å². The number of nitrogens with zero attached hydrogens (tertiary/aromatic N) is 2. The van der Waals surface area contributed by atoms with Crippen molar-refractivity contribution in [1.29, 1.82) is 0 Å². The van der Waals surface area contributed by atoms with Gasteiger partial charge in [0.2, 0.25) is 5.91 Å². The number of hydrogen-bond donors (Lipinski definition) is 1. The molecule has 3 rings (SSSR count). The van der Waals surface area contributed by atoms with E-state index in [2.05, 4.69) is 10.3 Å². The second kappa shape index (κ2) is 6.78.